The summed E-state index contributed by atoms with van der Waals surface area (Å²) >= 11 is 0. The number of carboxylic acids is 1. The number of nitrogens with one attached hydrogen (secondary N) is 1. The van der Waals surface area contributed by atoms with Crippen LogP contribution in [-0.2, 0) is 6.54 Å². The smallest absolute Gasteiger partial charge is 0.371 e. The Hall–Kier alpha value is -2.43. The maximum Gasteiger partial charge on any atom is 0.371 e. The van der Waals surface area contributed by atoms with E-state index < -0.39 is 5.97 Å². The van der Waals surface area contributed by atoms with Crippen LogP contribution in [-0.4, -0.2) is 23.2 Å². The summed E-state index contributed by atoms with van der Waals surface area (Å²) in [7, 11) is 0. The lowest BCUT2D eigenvalue weighted by atomic mass is 9.92. The number of carboxylic acid groups (broad SMARTS) is 1. The molecule has 5 heteroatoms. The zero-order valence-corrected chi connectivity index (χ0v) is 12.9. The summed E-state index contributed by atoms with van der Waals surface area (Å²) in [6.45, 7) is 1.51. The summed E-state index contributed by atoms with van der Waals surface area (Å²) in [6, 6.07) is 11.6. The van der Waals surface area contributed by atoms with Crippen LogP contribution in [0.1, 0.15) is 42.0 Å². The van der Waals surface area contributed by atoms with E-state index in [2.05, 4.69) is 22.3 Å². The van der Waals surface area contributed by atoms with Gasteiger partial charge in [0.2, 0.25) is 5.76 Å². The van der Waals surface area contributed by atoms with E-state index in [1.54, 1.807) is 6.07 Å². The Bertz CT molecular complexity index is 731. The lowest BCUT2D eigenvalue weighted by molar-refractivity contribution is 0.0660. The van der Waals surface area contributed by atoms with Gasteiger partial charge in [0, 0.05) is 6.54 Å². The number of fused-ring (bicyclic) bond motifs is 1. The van der Waals surface area contributed by atoms with Crippen LogP contribution in [0.5, 0.6) is 0 Å². The number of para-hydroxylation sites is 2. The quantitative estimate of drug-likeness (QED) is 0.904. The Morgan fingerprint density at radius 2 is 2.00 bits per heavy atom. The SMILES string of the molecule is O=C(O)c1ccc(CN2CC3(CCCC3)Nc3ccccc32)o1. The molecule has 23 heavy (non-hydrogen) atoms. The van der Waals surface area contributed by atoms with E-state index in [1.165, 1.54) is 31.7 Å². The summed E-state index contributed by atoms with van der Waals surface area (Å²) in [4.78, 5) is 13.3. The van der Waals surface area contributed by atoms with Gasteiger partial charge in [0.25, 0.3) is 0 Å². The second kappa shape index (κ2) is 5.33. The van der Waals surface area contributed by atoms with Crippen molar-refractivity contribution in [3.05, 3.63) is 47.9 Å². The Kier molecular flexibility index (Phi) is 3.29. The number of rotatable bonds is 3. The van der Waals surface area contributed by atoms with Gasteiger partial charge in [-0.05, 0) is 37.1 Å². The predicted molar refractivity (Wildman–Crippen MR) is 88.0 cm³/mol. The Balaban J connectivity index is 1.64. The molecule has 120 valence electrons. The molecular formula is C18H20N2O3. The first-order valence-corrected chi connectivity index (χ1v) is 8.09. The number of carbonyl (C=O) groups is 1. The van der Waals surface area contributed by atoms with Gasteiger partial charge in [-0.2, -0.15) is 0 Å². The van der Waals surface area contributed by atoms with Crippen molar-refractivity contribution in [2.45, 2.75) is 37.8 Å². The van der Waals surface area contributed by atoms with Crippen molar-refractivity contribution in [3.63, 3.8) is 0 Å². The number of aromatic carboxylic acids is 1. The lowest BCUT2D eigenvalue weighted by Crippen LogP contribution is -2.50. The van der Waals surface area contributed by atoms with E-state index in [9.17, 15) is 4.79 Å². The fourth-order valence-corrected chi connectivity index (χ4v) is 3.87. The zero-order valence-electron chi connectivity index (χ0n) is 12.9. The van der Waals surface area contributed by atoms with E-state index in [4.69, 9.17) is 9.52 Å². The van der Waals surface area contributed by atoms with Crippen molar-refractivity contribution in [2.24, 2.45) is 0 Å². The van der Waals surface area contributed by atoms with Gasteiger partial charge >= 0.3 is 5.97 Å². The van der Waals surface area contributed by atoms with Crippen LogP contribution in [0.15, 0.2) is 40.8 Å². The summed E-state index contributed by atoms with van der Waals surface area (Å²) in [5.41, 5.74) is 2.44. The third-order valence-corrected chi connectivity index (χ3v) is 4.92. The van der Waals surface area contributed by atoms with Crippen LogP contribution in [0.25, 0.3) is 0 Å². The molecular weight excluding hydrogens is 292 g/mol. The first-order valence-electron chi connectivity index (χ1n) is 8.09. The highest BCUT2D eigenvalue weighted by atomic mass is 16.4. The minimum atomic E-state index is -1.02. The summed E-state index contributed by atoms with van der Waals surface area (Å²) in [5.74, 6) is -0.338. The molecule has 2 N–H and O–H groups in total. The second-order valence-electron chi connectivity index (χ2n) is 6.56. The Morgan fingerprint density at radius 3 is 2.74 bits per heavy atom. The maximum atomic E-state index is 11.0. The lowest BCUT2D eigenvalue weighted by Gasteiger charge is -2.43. The van der Waals surface area contributed by atoms with Crippen LogP contribution in [0, 0.1) is 0 Å². The van der Waals surface area contributed by atoms with Crippen LogP contribution < -0.4 is 10.2 Å². The van der Waals surface area contributed by atoms with Gasteiger partial charge in [-0.25, -0.2) is 4.79 Å². The summed E-state index contributed by atoms with van der Waals surface area (Å²) in [6.07, 6.45) is 4.87. The molecule has 1 aliphatic carbocycles. The van der Waals surface area contributed by atoms with Crippen molar-refractivity contribution >= 4 is 17.3 Å². The third-order valence-electron chi connectivity index (χ3n) is 4.92. The van der Waals surface area contributed by atoms with Gasteiger partial charge in [0.15, 0.2) is 0 Å². The molecule has 2 aliphatic rings. The molecule has 1 saturated carbocycles. The number of anilines is 2. The van der Waals surface area contributed by atoms with E-state index >= 15 is 0 Å². The standard InChI is InChI=1S/C18H20N2O3/c21-17(22)16-8-7-13(23-16)11-20-12-18(9-3-4-10-18)19-14-5-1-2-6-15(14)20/h1-2,5-8,19H,3-4,9-12H2,(H,21,22). The zero-order chi connectivity index (χ0) is 15.9. The molecule has 2 heterocycles. The van der Waals surface area contributed by atoms with E-state index in [0.717, 1.165) is 17.9 Å². The summed E-state index contributed by atoms with van der Waals surface area (Å²) in [5, 5.41) is 12.8. The van der Waals surface area contributed by atoms with Crippen molar-refractivity contribution in [1.29, 1.82) is 0 Å². The van der Waals surface area contributed by atoms with E-state index in [0.29, 0.717) is 12.3 Å². The molecule has 0 atom stereocenters. The molecule has 1 aromatic heterocycles. The largest absolute Gasteiger partial charge is 0.475 e. The molecule has 1 aliphatic heterocycles. The number of benzene rings is 1. The molecule has 0 radical (unpaired) electrons. The molecule has 0 unspecified atom stereocenters. The normalized spacial score (nSPS) is 18.7. The minimum absolute atomic E-state index is 0.000927. The molecule has 1 spiro atoms. The minimum Gasteiger partial charge on any atom is -0.475 e. The Labute approximate surface area is 134 Å². The highest BCUT2D eigenvalue weighted by Crippen LogP contribution is 2.42. The number of nitrogens with zero attached hydrogens (tertiary/aromatic N) is 1. The van der Waals surface area contributed by atoms with Gasteiger partial charge in [-0.15, -0.1) is 0 Å². The third kappa shape index (κ3) is 2.56. The van der Waals surface area contributed by atoms with Crippen molar-refractivity contribution in [2.75, 3.05) is 16.8 Å². The molecule has 1 aromatic carbocycles. The monoisotopic (exact) mass is 312 g/mol. The molecule has 5 nitrogen and oxygen atoms in total. The van der Waals surface area contributed by atoms with Gasteiger partial charge in [-0.1, -0.05) is 25.0 Å². The van der Waals surface area contributed by atoms with Gasteiger partial charge in [0.1, 0.15) is 5.76 Å². The van der Waals surface area contributed by atoms with Crippen LogP contribution in [0.4, 0.5) is 11.4 Å². The highest BCUT2D eigenvalue weighted by molar-refractivity contribution is 5.84. The van der Waals surface area contributed by atoms with E-state index in [1.807, 2.05) is 12.1 Å². The Morgan fingerprint density at radius 1 is 1.22 bits per heavy atom. The van der Waals surface area contributed by atoms with Crippen LogP contribution >= 0.6 is 0 Å². The fraction of sp³-hybridized carbons (Fsp3) is 0.389. The average Bonchev–Trinajstić information content (AvgIpc) is 3.17. The van der Waals surface area contributed by atoms with Crippen molar-refractivity contribution in [3.8, 4) is 0 Å². The second-order valence-corrected chi connectivity index (χ2v) is 6.56. The topological polar surface area (TPSA) is 65.7 Å². The first kappa shape index (κ1) is 14.2. The number of hydrogen-bond acceptors (Lipinski definition) is 4. The highest BCUT2D eigenvalue weighted by Gasteiger charge is 2.39. The molecule has 1 fully saturated rings. The number of hydrogen-bond donors (Lipinski definition) is 2. The van der Waals surface area contributed by atoms with Gasteiger partial charge in [0.05, 0.1) is 23.5 Å². The molecule has 4 rings (SSSR count). The molecule has 0 saturated heterocycles. The first-order chi connectivity index (χ1) is 11.2. The number of furan rings is 1. The predicted octanol–water partition coefficient (Wildman–Crippen LogP) is 3.72. The van der Waals surface area contributed by atoms with Crippen molar-refractivity contribution in [1.82, 2.24) is 0 Å². The molecule has 0 bridgehead atoms. The maximum absolute atomic E-state index is 11.0. The average molecular weight is 312 g/mol. The fourth-order valence-electron chi connectivity index (χ4n) is 3.87. The van der Waals surface area contributed by atoms with Crippen molar-refractivity contribution < 1.29 is 14.3 Å². The summed E-state index contributed by atoms with van der Waals surface area (Å²) < 4.78 is 5.45. The van der Waals surface area contributed by atoms with E-state index in [-0.39, 0.29) is 11.3 Å². The van der Waals surface area contributed by atoms with Gasteiger partial charge in [-0.3, -0.25) is 0 Å². The van der Waals surface area contributed by atoms with Gasteiger partial charge < -0.3 is 19.7 Å². The molecule has 0 amide bonds. The van der Waals surface area contributed by atoms with Crippen LogP contribution in [0.2, 0.25) is 0 Å². The molecule has 2 aromatic rings. The van der Waals surface area contributed by atoms with Crippen LogP contribution in [0.3, 0.4) is 0 Å².